The van der Waals surface area contributed by atoms with Crippen molar-refractivity contribution in [2.24, 2.45) is 11.7 Å². The van der Waals surface area contributed by atoms with Crippen molar-refractivity contribution in [2.75, 3.05) is 26.2 Å². The number of piperazine rings is 1. The molecule has 1 saturated heterocycles. The topological polar surface area (TPSA) is 88.5 Å². The zero-order chi connectivity index (χ0) is 16.4. The van der Waals surface area contributed by atoms with Crippen LogP contribution < -0.4 is 5.73 Å². The zero-order valence-electron chi connectivity index (χ0n) is 14.9. The molecule has 1 aliphatic heterocycles. The highest BCUT2D eigenvalue weighted by atomic mass is 35.5. The predicted octanol–water partition coefficient (Wildman–Crippen LogP) is 1.81. The Bertz CT molecular complexity index is 548. The van der Waals surface area contributed by atoms with E-state index < -0.39 is 0 Å². The molecule has 2 N–H and O–H groups in total. The van der Waals surface area contributed by atoms with Crippen molar-refractivity contribution >= 4 is 30.7 Å². The molecule has 1 aliphatic carbocycles. The molecule has 0 radical (unpaired) electrons. The van der Waals surface area contributed by atoms with Crippen LogP contribution in [0, 0.1) is 5.92 Å². The molecule has 3 unspecified atom stereocenters. The molecule has 0 spiro atoms. The van der Waals surface area contributed by atoms with Crippen LogP contribution in [0.1, 0.15) is 50.9 Å². The number of hydrogen-bond acceptors (Lipinski definition) is 6. The van der Waals surface area contributed by atoms with Crippen molar-refractivity contribution in [3.63, 3.8) is 0 Å². The van der Waals surface area contributed by atoms with Crippen molar-refractivity contribution in [1.29, 1.82) is 0 Å². The largest absolute Gasteiger partial charge is 0.340 e. The highest BCUT2D eigenvalue weighted by Crippen LogP contribution is 2.27. The molecule has 2 heterocycles. The quantitative estimate of drug-likeness (QED) is 0.838. The normalized spacial score (nSPS) is 25.2. The summed E-state index contributed by atoms with van der Waals surface area (Å²) in [4.78, 5) is 21.3. The van der Waals surface area contributed by atoms with E-state index in [-0.39, 0.29) is 48.7 Å². The average molecular weight is 394 g/mol. The van der Waals surface area contributed by atoms with E-state index in [0.717, 1.165) is 57.7 Å². The van der Waals surface area contributed by atoms with Gasteiger partial charge in [0.25, 0.3) is 0 Å². The minimum atomic E-state index is 0. The van der Waals surface area contributed by atoms with Gasteiger partial charge in [0.15, 0.2) is 5.82 Å². The van der Waals surface area contributed by atoms with Gasteiger partial charge in [-0.25, -0.2) is 0 Å². The molecular weight excluding hydrogens is 365 g/mol. The van der Waals surface area contributed by atoms with Crippen molar-refractivity contribution in [3.05, 3.63) is 11.7 Å². The molecule has 1 aromatic rings. The van der Waals surface area contributed by atoms with Crippen LogP contribution in [0.2, 0.25) is 0 Å². The van der Waals surface area contributed by atoms with Crippen LogP contribution in [0.15, 0.2) is 4.52 Å². The summed E-state index contributed by atoms with van der Waals surface area (Å²) in [6, 6.07) is 0.301. The van der Waals surface area contributed by atoms with Gasteiger partial charge in [-0.1, -0.05) is 12.1 Å². The number of rotatable bonds is 4. The summed E-state index contributed by atoms with van der Waals surface area (Å²) in [5, 5.41) is 3.96. The summed E-state index contributed by atoms with van der Waals surface area (Å²) in [5.41, 5.74) is 5.93. The molecule has 144 valence electrons. The second kappa shape index (κ2) is 9.71. The molecule has 0 bridgehead atoms. The number of aromatic nitrogens is 2. The summed E-state index contributed by atoms with van der Waals surface area (Å²) in [6.45, 7) is 7.32. The standard InChI is InChI=1S/C16H27N5O2.2ClH/c1-3-14-18-15(23-19-14)11(2)20-6-8-21(9-7-20)16(22)12-4-5-13(17)10-12;;/h11-13H,3-10,17H2,1-2H3;2*1H. The molecule has 9 heteroatoms. The Labute approximate surface area is 161 Å². The Hall–Kier alpha value is -0.890. The first-order valence-corrected chi connectivity index (χ1v) is 8.69. The summed E-state index contributed by atoms with van der Waals surface area (Å²) >= 11 is 0. The van der Waals surface area contributed by atoms with Crippen LogP contribution in [0.4, 0.5) is 0 Å². The molecule has 3 rings (SSSR count). The summed E-state index contributed by atoms with van der Waals surface area (Å²) in [6.07, 6.45) is 3.54. The lowest BCUT2D eigenvalue weighted by atomic mass is 10.1. The third kappa shape index (κ3) is 5.06. The van der Waals surface area contributed by atoms with Crippen LogP contribution in [-0.4, -0.2) is 58.1 Å². The molecular formula is C16H29Cl2N5O2. The fourth-order valence-corrected chi connectivity index (χ4v) is 3.57. The van der Waals surface area contributed by atoms with Gasteiger partial charge >= 0.3 is 0 Å². The van der Waals surface area contributed by atoms with Gasteiger partial charge in [0, 0.05) is 44.6 Å². The van der Waals surface area contributed by atoms with E-state index in [1.165, 1.54) is 0 Å². The number of carbonyl (C=O) groups excluding carboxylic acids is 1. The summed E-state index contributed by atoms with van der Waals surface area (Å²) < 4.78 is 5.34. The summed E-state index contributed by atoms with van der Waals surface area (Å²) in [7, 11) is 0. The Morgan fingerprint density at radius 1 is 1.28 bits per heavy atom. The van der Waals surface area contributed by atoms with Gasteiger partial charge in [0.05, 0.1) is 6.04 Å². The number of hydrogen-bond donors (Lipinski definition) is 1. The third-order valence-corrected chi connectivity index (χ3v) is 5.15. The number of nitrogens with two attached hydrogens (primary N) is 1. The van der Waals surface area contributed by atoms with Crippen LogP contribution in [0.5, 0.6) is 0 Å². The Balaban J connectivity index is 0.00000156. The smallest absolute Gasteiger partial charge is 0.243 e. The van der Waals surface area contributed by atoms with E-state index in [0.29, 0.717) is 5.89 Å². The monoisotopic (exact) mass is 393 g/mol. The second-order valence-electron chi connectivity index (χ2n) is 6.71. The van der Waals surface area contributed by atoms with Gasteiger partial charge in [0.2, 0.25) is 11.8 Å². The molecule has 1 saturated carbocycles. The molecule has 2 fully saturated rings. The van der Waals surface area contributed by atoms with Crippen molar-refractivity contribution in [3.8, 4) is 0 Å². The first-order chi connectivity index (χ1) is 11.1. The number of aryl methyl sites for hydroxylation is 1. The Morgan fingerprint density at radius 2 is 1.96 bits per heavy atom. The van der Waals surface area contributed by atoms with Gasteiger partial charge in [-0.15, -0.1) is 24.8 Å². The van der Waals surface area contributed by atoms with E-state index >= 15 is 0 Å². The average Bonchev–Trinajstić information content (AvgIpc) is 3.22. The van der Waals surface area contributed by atoms with Gasteiger partial charge in [-0.3, -0.25) is 9.69 Å². The molecule has 1 aromatic heterocycles. The number of carbonyl (C=O) groups is 1. The van der Waals surface area contributed by atoms with Crippen LogP contribution in [-0.2, 0) is 11.2 Å². The van der Waals surface area contributed by atoms with Crippen LogP contribution in [0.3, 0.4) is 0 Å². The minimum Gasteiger partial charge on any atom is -0.340 e. The third-order valence-electron chi connectivity index (χ3n) is 5.15. The van der Waals surface area contributed by atoms with Gasteiger partial charge in [-0.2, -0.15) is 4.98 Å². The van der Waals surface area contributed by atoms with Crippen LogP contribution >= 0.6 is 24.8 Å². The van der Waals surface area contributed by atoms with Crippen molar-refractivity contribution in [1.82, 2.24) is 19.9 Å². The van der Waals surface area contributed by atoms with E-state index in [1.54, 1.807) is 0 Å². The first kappa shape index (κ1) is 22.2. The second-order valence-corrected chi connectivity index (χ2v) is 6.71. The highest BCUT2D eigenvalue weighted by Gasteiger charge is 2.33. The lowest BCUT2D eigenvalue weighted by Crippen LogP contribution is -2.50. The van der Waals surface area contributed by atoms with Crippen molar-refractivity contribution < 1.29 is 9.32 Å². The lowest BCUT2D eigenvalue weighted by Gasteiger charge is -2.37. The Kier molecular flexibility index (Phi) is 8.60. The number of halogens is 2. The van der Waals surface area contributed by atoms with E-state index in [2.05, 4.69) is 22.0 Å². The molecule has 25 heavy (non-hydrogen) atoms. The van der Waals surface area contributed by atoms with Gasteiger partial charge < -0.3 is 15.2 Å². The zero-order valence-corrected chi connectivity index (χ0v) is 16.5. The SMILES string of the molecule is CCc1noc(C(C)N2CCN(C(=O)C3CCC(N)C3)CC2)n1.Cl.Cl. The minimum absolute atomic E-state index is 0. The van der Waals surface area contributed by atoms with E-state index in [1.807, 2.05) is 11.8 Å². The molecule has 1 amide bonds. The fourth-order valence-electron chi connectivity index (χ4n) is 3.57. The van der Waals surface area contributed by atoms with E-state index in [4.69, 9.17) is 10.3 Å². The van der Waals surface area contributed by atoms with E-state index in [9.17, 15) is 4.79 Å². The number of amides is 1. The predicted molar refractivity (Wildman–Crippen MR) is 100 cm³/mol. The van der Waals surface area contributed by atoms with Crippen molar-refractivity contribution in [2.45, 2.75) is 51.6 Å². The van der Waals surface area contributed by atoms with Gasteiger partial charge in [0.1, 0.15) is 0 Å². The molecule has 3 atom stereocenters. The number of nitrogens with zero attached hydrogens (tertiary/aromatic N) is 4. The maximum absolute atomic E-state index is 12.5. The highest BCUT2D eigenvalue weighted by molar-refractivity contribution is 5.85. The maximum Gasteiger partial charge on any atom is 0.243 e. The summed E-state index contributed by atoms with van der Waals surface area (Å²) in [5.74, 6) is 1.84. The Morgan fingerprint density at radius 3 is 2.48 bits per heavy atom. The molecule has 0 aromatic carbocycles. The lowest BCUT2D eigenvalue weighted by molar-refractivity contribution is -0.137. The molecule has 7 nitrogen and oxygen atoms in total. The fraction of sp³-hybridized carbons (Fsp3) is 0.812. The van der Waals surface area contributed by atoms with Crippen LogP contribution in [0.25, 0.3) is 0 Å². The van der Waals surface area contributed by atoms with Gasteiger partial charge in [-0.05, 0) is 26.2 Å². The molecule has 2 aliphatic rings. The first-order valence-electron chi connectivity index (χ1n) is 8.69. The maximum atomic E-state index is 12.5.